The summed E-state index contributed by atoms with van der Waals surface area (Å²) in [6, 6.07) is 1.96. The normalized spacial score (nSPS) is 33.8. The van der Waals surface area contributed by atoms with Crippen molar-refractivity contribution in [2.75, 3.05) is 0 Å². The fourth-order valence-electron chi connectivity index (χ4n) is 1.78. The van der Waals surface area contributed by atoms with E-state index < -0.39 is 5.60 Å². The summed E-state index contributed by atoms with van der Waals surface area (Å²) in [6.45, 7) is 4.00. The third-order valence-corrected chi connectivity index (χ3v) is 2.72. The van der Waals surface area contributed by atoms with Crippen LogP contribution < -0.4 is 0 Å². The second-order valence-electron chi connectivity index (χ2n) is 3.82. The van der Waals surface area contributed by atoms with Gasteiger partial charge < -0.3 is 5.11 Å². The van der Waals surface area contributed by atoms with Crippen molar-refractivity contribution in [3.05, 3.63) is 17.5 Å². The van der Waals surface area contributed by atoms with Gasteiger partial charge in [0.2, 0.25) is 0 Å². The average molecular weight is 166 g/mol. The van der Waals surface area contributed by atoms with E-state index >= 15 is 0 Å². The van der Waals surface area contributed by atoms with Crippen molar-refractivity contribution in [1.29, 1.82) is 0 Å². The predicted octanol–water partition coefficient (Wildman–Crippen LogP) is 0.956. The van der Waals surface area contributed by atoms with Crippen molar-refractivity contribution < 1.29 is 5.11 Å². The van der Waals surface area contributed by atoms with Crippen molar-refractivity contribution >= 4 is 0 Å². The number of nitrogens with zero attached hydrogens (tertiary/aromatic N) is 2. The van der Waals surface area contributed by atoms with Crippen LogP contribution in [0.5, 0.6) is 0 Å². The highest BCUT2D eigenvalue weighted by atomic mass is 16.3. The Kier molecular flexibility index (Phi) is 1.37. The molecule has 0 saturated heterocycles. The Morgan fingerprint density at radius 2 is 2.33 bits per heavy atom. The number of rotatable bonds is 1. The maximum atomic E-state index is 10.0. The molecule has 1 aliphatic carbocycles. The zero-order valence-electron chi connectivity index (χ0n) is 7.70. The first-order chi connectivity index (χ1) is 5.54. The van der Waals surface area contributed by atoms with Gasteiger partial charge >= 0.3 is 0 Å². The minimum absolute atomic E-state index is 0.382. The summed E-state index contributed by atoms with van der Waals surface area (Å²) < 4.78 is 1.78. The lowest BCUT2D eigenvalue weighted by Gasteiger charge is -2.08. The molecular formula is C9H14N2O. The molecule has 1 aromatic heterocycles. The molecule has 2 unspecified atom stereocenters. The van der Waals surface area contributed by atoms with E-state index in [1.54, 1.807) is 4.68 Å². The molecule has 0 spiro atoms. The third kappa shape index (κ3) is 0.894. The smallest absolute Gasteiger partial charge is 0.109 e. The molecule has 1 fully saturated rings. The predicted molar refractivity (Wildman–Crippen MR) is 45.6 cm³/mol. The largest absolute Gasteiger partial charge is 0.383 e. The van der Waals surface area contributed by atoms with Gasteiger partial charge in [-0.1, -0.05) is 6.92 Å². The van der Waals surface area contributed by atoms with Crippen molar-refractivity contribution in [2.24, 2.45) is 13.0 Å². The Hall–Kier alpha value is -0.830. The monoisotopic (exact) mass is 166 g/mol. The van der Waals surface area contributed by atoms with Crippen LogP contribution in [0.3, 0.4) is 0 Å². The van der Waals surface area contributed by atoms with E-state index in [9.17, 15) is 5.11 Å². The molecule has 0 radical (unpaired) electrons. The van der Waals surface area contributed by atoms with Crippen LogP contribution >= 0.6 is 0 Å². The zero-order chi connectivity index (χ0) is 8.93. The fraction of sp³-hybridized carbons (Fsp3) is 0.667. The fourth-order valence-corrected chi connectivity index (χ4v) is 1.78. The summed E-state index contributed by atoms with van der Waals surface area (Å²) in [5.41, 5.74) is 1.34. The van der Waals surface area contributed by atoms with Gasteiger partial charge in [0.25, 0.3) is 0 Å². The highest BCUT2D eigenvalue weighted by Crippen LogP contribution is 2.51. The summed E-state index contributed by atoms with van der Waals surface area (Å²) in [6.07, 6.45) is 0.867. The summed E-state index contributed by atoms with van der Waals surface area (Å²) in [7, 11) is 1.88. The van der Waals surface area contributed by atoms with Gasteiger partial charge in [-0.2, -0.15) is 5.10 Å². The Morgan fingerprint density at radius 1 is 1.75 bits per heavy atom. The second-order valence-corrected chi connectivity index (χ2v) is 3.82. The zero-order valence-corrected chi connectivity index (χ0v) is 7.70. The van der Waals surface area contributed by atoms with Crippen LogP contribution in [0.25, 0.3) is 0 Å². The van der Waals surface area contributed by atoms with Crippen molar-refractivity contribution in [1.82, 2.24) is 9.78 Å². The molecule has 1 aromatic rings. The Bertz CT molecular complexity index is 318. The summed E-state index contributed by atoms with van der Waals surface area (Å²) in [5.74, 6) is 0.382. The molecule has 2 rings (SSSR count). The van der Waals surface area contributed by atoms with E-state index in [0.29, 0.717) is 5.92 Å². The molecule has 3 heteroatoms. The van der Waals surface area contributed by atoms with Crippen molar-refractivity contribution in [3.63, 3.8) is 0 Å². The van der Waals surface area contributed by atoms with Crippen LogP contribution in [0.4, 0.5) is 0 Å². The maximum Gasteiger partial charge on any atom is 0.109 e. The lowest BCUT2D eigenvalue weighted by molar-refractivity contribution is 0.125. The third-order valence-electron chi connectivity index (χ3n) is 2.72. The molecule has 0 bridgehead atoms. The Morgan fingerprint density at radius 3 is 2.67 bits per heavy atom. The van der Waals surface area contributed by atoms with Crippen LogP contribution in [0.2, 0.25) is 0 Å². The first kappa shape index (κ1) is 7.80. The van der Waals surface area contributed by atoms with Gasteiger partial charge in [-0.25, -0.2) is 0 Å². The number of aliphatic hydroxyl groups is 1. The lowest BCUT2D eigenvalue weighted by atomic mass is 10.2. The molecule has 0 aromatic carbocycles. The van der Waals surface area contributed by atoms with Gasteiger partial charge in [0.05, 0.1) is 11.4 Å². The van der Waals surface area contributed by atoms with Crippen LogP contribution in [0, 0.1) is 12.8 Å². The quantitative estimate of drug-likeness (QED) is 0.674. The van der Waals surface area contributed by atoms with Gasteiger partial charge in [-0.05, 0) is 25.3 Å². The van der Waals surface area contributed by atoms with Crippen LogP contribution in [0.15, 0.2) is 6.07 Å². The molecule has 1 N–H and O–H groups in total. The van der Waals surface area contributed by atoms with Crippen LogP contribution in [-0.4, -0.2) is 14.9 Å². The van der Waals surface area contributed by atoms with E-state index in [1.807, 2.05) is 20.0 Å². The average Bonchev–Trinajstić information content (AvgIpc) is 2.37. The molecular weight excluding hydrogens is 152 g/mol. The van der Waals surface area contributed by atoms with Gasteiger partial charge in [-0.3, -0.25) is 4.68 Å². The minimum atomic E-state index is -0.587. The van der Waals surface area contributed by atoms with Crippen molar-refractivity contribution in [3.8, 4) is 0 Å². The Labute approximate surface area is 72.0 Å². The van der Waals surface area contributed by atoms with Gasteiger partial charge in [0, 0.05) is 7.05 Å². The van der Waals surface area contributed by atoms with Gasteiger partial charge in [-0.15, -0.1) is 0 Å². The summed E-state index contributed by atoms with van der Waals surface area (Å²) >= 11 is 0. The van der Waals surface area contributed by atoms with Crippen LogP contribution in [-0.2, 0) is 12.6 Å². The van der Waals surface area contributed by atoms with Crippen LogP contribution in [0.1, 0.15) is 24.7 Å². The number of aromatic nitrogens is 2. The molecule has 1 saturated carbocycles. The highest BCUT2D eigenvalue weighted by molar-refractivity contribution is 5.24. The SMILES string of the molecule is Cc1cc(C2(O)CC2C)n(C)n1. The van der Waals surface area contributed by atoms with E-state index in [4.69, 9.17) is 0 Å². The van der Waals surface area contributed by atoms with E-state index in [-0.39, 0.29) is 0 Å². The molecule has 0 amide bonds. The molecule has 1 aliphatic rings. The van der Waals surface area contributed by atoms with E-state index in [0.717, 1.165) is 17.8 Å². The Balaban J connectivity index is 2.41. The minimum Gasteiger partial charge on any atom is -0.383 e. The summed E-state index contributed by atoms with van der Waals surface area (Å²) in [4.78, 5) is 0. The molecule has 2 atom stereocenters. The first-order valence-electron chi connectivity index (χ1n) is 4.27. The molecule has 1 heterocycles. The standard InChI is InChI=1S/C9H14N2O/c1-6-5-9(6,12)8-4-7(2)10-11(8)3/h4,6,12H,5H2,1-3H3. The highest BCUT2D eigenvalue weighted by Gasteiger charge is 2.52. The molecule has 12 heavy (non-hydrogen) atoms. The molecule has 0 aliphatic heterocycles. The molecule has 66 valence electrons. The van der Waals surface area contributed by atoms with E-state index in [2.05, 4.69) is 12.0 Å². The lowest BCUT2D eigenvalue weighted by Crippen LogP contribution is -2.13. The first-order valence-corrected chi connectivity index (χ1v) is 4.27. The number of hydrogen-bond acceptors (Lipinski definition) is 2. The summed E-state index contributed by atoms with van der Waals surface area (Å²) in [5, 5.41) is 14.2. The number of aryl methyl sites for hydroxylation is 2. The maximum absolute atomic E-state index is 10.0. The number of hydrogen-bond donors (Lipinski definition) is 1. The second kappa shape index (κ2) is 2.10. The van der Waals surface area contributed by atoms with Gasteiger partial charge in [0.15, 0.2) is 0 Å². The van der Waals surface area contributed by atoms with E-state index in [1.165, 1.54) is 0 Å². The topological polar surface area (TPSA) is 38.0 Å². The van der Waals surface area contributed by atoms with Crippen molar-refractivity contribution in [2.45, 2.75) is 25.9 Å². The molecule has 3 nitrogen and oxygen atoms in total. The van der Waals surface area contributed by atoms with Gasteiger partial charge in [0.1, 0.15) is 5.60 Å².